The molecule has 14 heavy (non-hydrogen) atoms. The van der Waals surface area contributed by atoms with Crippen molar-refractivity contribution >= 4 is 0 Å². The van der Waals surface area contributed by atoms with Crippen LogP contribution in [0.4, 0.5) is 4.39 Å². The summed E-state index contributed by atoms with van der Waals surface area (Å²) in [5, 5.41) is 0. The van der Waals surface area contributed by atoms with Gasteiger partial charge in [-0.25, -0.2) is 11.0 Å². The Morgan fingerprint density at radius 3 is 2.50 bits per heavy atom. The second-order valence-electron chi connectivity index (χ2n) is 4.01. The molecule has 1 atom stereocenters. The number of rotatable bonds is 2. The van der Waals surface area contributed by atoms with E-state index in [1.165, 1.54) is 13.8 Å². The van der Waals surface area contributed by atoms with Crippen LogP contribution in [0, 0.1) is 13.5 Å². The van der Waals surface area contributed by atoms with Gasteiger partial charge >= 0.3 is 0 Å². The zero-order valence-electron chi connectivity index (χ0n) is 8.71. The van der Waals surface area contributed by atoms with Crippen molar-refractivity contribution in [1.82, 2.24) is 0 Å². The van der Waals surface area contributed by atoms with E-state index >= 15 is 0 Å². The third-order valence-corrected chi connectivity index (χ3v) is 2.14. The zero-order valence-corrected chi connectivity index (χ0v) is 8.71. The van der Waals surface area contributed by atoms with Crippen molar-refractivity contribution in [3.8, 4) is 0 Å². The van der Waals surface area contributed by atoms with Crippen LogP contribution in [-0.4, -0.2) is 5.67 Å². The van der Waals surface area contributed by atoms with E-state index in [4.69, 9.17) is 6.57 Å². The van der Waals surface area contributed by atoms with E-state index in [1.807, 2.05) is 25.1 Å². The molecule has 74 valence electrons. The summed E-state index contributed by atoms with van der Waals surface area (Å²) in [6.45, 7) is 11.8. The minimum Gasteiger partial charge on any atom is -0.305 e. The lowest BCUT2D eigenvalue weighted by Crippen LogP contribution is -2.21. The third kappa shape index (κ3) is 2.32. The fourth-order valence-electron chi connectivity index (χ4n) is 1.46. The fraction of sp³-hybridized carbons (Fsp3) is 0.417. The van der Waals surface area contributed by atoms with E-state index < -0.39 is 11.7 Å². The second-order valence-corrected chi connectivity index (χ2v) is 4.01. The molecule has 1 aromatic rings. The molecule has 1 aromatic carbocycles. The molecule has 0 saturated heterocycles. The summed E-state index contributed by atoms with van der Waals surface area (Å²) >= 11 is 0. The Labute approximate surface area is 84.4 Å². The zero-order chi connectivity index (χ0) is 10.8. The van der Waals surface area contributed by atoms with Gasteiger partial charge < -0.3 is 4.85 Å². The van der Waals surface area contributed by atoms with Crippen LogP contribution >= 0.6 is 0 Å². The Hall–Kier alpha value is -1.36. The van der Waals surface area contributed by atoms with E-state index in [1.54, 1.807) is 6.07 Å². The molecular weight excluding hydrogens is 177 g/mol. The lowest BCUT2D eigenvalue weighted by atomic mass is 9.93. The molecule has 0 aromatic heterocycles. The van der Waals surface area contributed by atoms with Gasteiger partial charge in [-0.1, -0.05) is 23.8 Å². The number of benzene rings is 1. The average molecular weight is 191 g/mol. The molecule has 0 radical (unpaired) electrons. The molecule has 0 aliphatic carbocycles. The minimum absolute atomic E-state index is 0.706. The van der Waals surface area contributed by atoms with Gasteiger partial charge in [-0.3, -0.25) is 0 Å². The van der Waals surface area contributed by atoms with Crippen molar-refractivity contribution in [3.05, 3.63) is 46.8 Å². The largest absolute Gasteiger partial charge is 0.305 e. The van der Waals surface area contributed by atoms with Crippen molar-refractivity contribution in [1.29, 1.82) is 0 Å². The number of nitrogens with zero attached hydrogens (tertiary/aromatic N) is 1. The van der Waals surface area contributed by atoms with Gasteiger partial charge in [-0.05, 0) is 26.8 Å². The highest BCUT2D eigenvalue weighted by Crippen LogP contribution is 2.32. The standard InChI is InChI=1S/C12H14FN/c1-9-6-5-7-10(8-9)11(14-4)12(2,3)13/h5-8,11H,1-3H3. The topological polar surface area (TPSA) is 4.36 Å². The number of hydrogen-bond acceptors (Lipinski definition) is 0. The van der Waals surface area contributed by atoms with E-state index in [9.17, 15) is 4.39 Å². The van der Waals surface area contributed by atoms with Gasteiger partial charge in [0.1, 0.15) is 0 Å². The number of aryl methyl sites for hydroxylation is 1. The van der Waals surface area contributed by atoms with Gasteiger partial charge in [0.2, 0.25) is 0 Å². The van der Waals surface area contributed by atoms with E-state index in [0.717, 1.165) is 11.1 Å². The van der Waals surface area contributed by atoms with Crippen LogP contribution in [0.2, 0.25) is 0 Å². The SMILES string of the molecule is [C-]#[N+]C(c1cccc(C)c1)C(C)(C)F. The molecule has 1 rings (SSSR count). The van der Waals surface area contributed by atoms with Crippen LogP contribution in [0.15, 0.2) is 24.3 Å². The molecule has 0 fully saturated rings. The Bertz CT molecular complexity index is 357. The third-order valence-electron chi connectivity index (χ3n) is 2.14. The van der Waals surface area contributed by atoms with E-state index in [2.05, 4.69) is 4.85 Å². The molecule has 2 heteroatoms. The van der Waals surface area contributed by atoms with Crippen LogP contribution in [-0.2, 0) is 0 Å². The van der Waals surface area contributed by atoms with Crippen LogP contribution in [0.25, 0.3) is 4.85 Å². The average Bonchev–Trinajstić information content (AvgIpc) is 2.02. The van der Waals surface area contributed by atoms with Crippen LogP contribution < -0.4 is 0 Å². The van der Waals surface area contributed by atoms with Gasteiger partial charge in [-0.2, -0.15) is 0 Å². The van der Waals surface area contributed by atoms with Crippen molar-refractivity contribution in [2.24, 2.45) is 0 Å². The number of halogens is 1. The van der Waals surface area contributed by atoms with E-state index in [0.29, 0.717) is 0 Å². The minimum atomic E-state index is -1.49. The van der Waals surface area contributed by atoms with Crippen molar-refractivity contribution < 1.29 is 4.39 Å². The summed E-state index contributed by atoms with van der Waals surface area (Å²) in [5.41, 5.74) is 0.322. The maximum atomic E-state index is 13.7. The maximum absolute atomic E-state index is 13.7. The van der Waals surface area contributed by atoms with Crippen LogP contribution in [0.1, 0.15) is 31.0 Å². The summed E-state index contributed by atoms with van der Waals surface area (Å²) in [7, 11) is 0. The normalized spacial score (nSPS) is 13.4. The van der Waals surface area contributed by atoms with Crippen molar-refractivity contribution in [3.63, 3.8) is 0 Å². The molecule has 0 aliphatic rings. The first-order valence-corrected chi connectivity index (χ1v) is 4.57. The summed E-state index contributed by atoms with van der Waals surface area (Å²) in [4.78, 5) is 3.35. The van der Waals surface area contributed by atoms with Crippen molar-refractivity contribution in [2.45, 2.75) is 32.5 Å². The first-order valence-electron chi connectivity index (χ1n) is 4.57. The highest BCUT2D eigenvalue weighted by molar-refractivity contribution is 5.29. The Morgan fingerprint density at radius 2 is 2.07 bits per heavy atom. The highest BCUT2D eigenvalue weighted by atomic mass is 19.1. The lowest BCUT2D eigenvalue weighted by molar-refractivity contribution is 0.193. The monoisotopic (exact) mass is 191 g/mol. The van der Waals surface area contributed by atoms with Gasteiger partial charge in [0.15, 0.2) is 5.67 Å². The van der Waals surface area contributed by atoms with Gasteiger partial charge in [0, 0.05) is 5.56 Å². The first kappa shape index (κ1) is 10.7. The van der Waals surface area contributed by atoms with Crippen LogP contribution in [0.3, 0.4) is 0 Å². The van der Waals surface area contributed by atoms with Crippen molar-refractivity contribution in [2.75, 3.05) is 0 Å². The quantitative estimate of drug-likeness (QED) is 0.628. The van der Waals surface area contributed by atoms with Crippen LogP contribution in [0.5, 0.6) is 0 Å². The molecule has 0 spiro atoms. The molecule has 0 aliphatic heterocycles. The molecule has 0 heterocycles. The maximum Gasteiger partial charge on any atom is 0.281 e. The summed E-state index contributed by atoms with van der Waals surface area (Å²) in [6, 6.07) is 6.76. The lowest BCUT2D eigenvalue weighted by Gasteiger charge is -2.16. The smallest absolute Gasteiger partial charge is 0.281 e. The van der Waals surface area contributed by atoms with Gasteiger partial charge in [0.05, 0.1) is 0 Å². The molecular formula is C12H14FN. The molecule has 1 nitrogen and oxygen atoms in total. The molecule has 1 unspecified atom stereocenters. The summed E-state index contributed by atoms with van der Waals surface area (Å²) in [6.07, 6.45) is 0. The highest BCUT2D eigenvalue weighted by Gasteiger charge is 2.36. The first-order chi connectivity index (χ1) is 6.45. The van der Waals surface area contributed by atoms with Gasteiger partial charge in [0.25, 0.3) is 6.04 Å². The number of hydrogen-bond donors (Lipinski definition) is 0. The Kier molecular flexibility index (Phi) is 2.90. The summed E-state index contributed by atoms with van der Waals surface area (Å²) < 4.78 is 13.7. The Morgan fingerprint density at radius 1 is 1.43 bits per heavy atom. The Balaban J connectivity index is 3.09. The number of alkyl halides is 1. The van der Waals surface area contributed by atoms with E-state index in [-0.39, 0.29) is 0 Å². The summed E-state index contributed by atoms with van der Waals surface area (Å²) in [5.74, 6) is 0. The molecule has 0 amide bonds. The second kappa shape index (κ2) is 3.79. The molecule has 0 N–H and O–H groups in total. The molecule has 0 bridgehead atoms. The predicted molar refractivity (Wildman–Crippen MR) is 55.7 cm³/mol. The predicted octanol–water partition coefficient (Wildman–Crippen LogP) is 3.70. The fourth-order valence-corrected chi connectivity index (χ4v) is 1.46. The molecule has 0 saturated carbocycles. The van der Waals surface area contributed by atoms with Gasteiger partial charge in [-0.15, -0.1) is 0 Å².